The summed E-state index contributed by atoms with van der Waals surface area (Å²) in [5.74, 6) is -0.919. The Morgan fingerprint density at radius 3 is 1.02 bits per heavy atom. The Balaban J connectivity index is 4.39. The lowest BCUT2D eigenvalue weighted by atomic mass is 10.0. The topological polar surface area (TPSA) is 78.9 Å². The molecule has 0 saturated carbocycles. The molecule has 1 atom stereocenters. The third kappa shape index (κ3) is 48.1. The molecule has 0 aliphatic rings. The summed E-state index contributed by atoms with van der Waals surface area (Å²) in [5.41, 5.74) is 0. The second-order valence-electron chi connectivity index (χ2n) is 17.4. The van der Waals surface area contributed by atoms with Crippen molar-refractivity contribution in [2.24, 2.45) is 0 Å². The Bertz CT molecular complexity index is 1130. The van der Waals surface area contributed by atoms with Crippen LogP contribution in [0.25, 0.3) is 0 Å². The van der Waals surface area contributed by atoms with Crippen molar-refractivity contribution in [3.63, 3.8) is 0 Å². The van der Waals surface area contributed by atoms with Gasteiger partial charge in [0, 0.05) is 19.3 Å². The first-order valence-electron chi connectivity index (χ1n) is 26.3. The predicted molar refractivity (Wildman–Crippen MR) is 265 cm³/mol. The third-order valence-electron chi connectivity index (χ3n) is 11.3. The molecule has 0 rings (SSSR count). The molecule has 0 spiro atoms. The fourth-order valence-electron chi connectivity index (χ4n) is 7.31. The molecule has 0 N–H and O–H groups in total. The Morgan fingerprint density at radius 2 is 0.629 bits per heavy atom. The Labute approximate surface area is 383 Å². The fraction of sp³-hybridized carbons (Fsp3) is 0.768. The van der Waals surface area contributed by atoms with E-state index in [1.54, 1.807) is 0 Å². The van der Waals surface area contributed by atoms with Crippen LogP contribution < -0.4 is 0 Å². The zero-order valence-corrected chi connectivity index (χ0v) is 40.9. The van der Waals surface area contributed by atoms with Gasteiger partial charge in [0.25, 0.3) is 0 Å². The molecule has 0 heterocycles. The molecular weight excluding hydrogens is 769 g/mol. The fourth-order valence-corrected chi connectivity index (χ4v) is 7.31. The van der Waals surface area contributed by atoms with E-state index in [1.165, 1.54) is 122 Å². The monoisotopic (exact) mass is 867 g/mol. The van der Waals surface area contributed by atoms with Gasteiger partial charge in [-0.3, -0.25) is 14.4 Å². The van der Waals surface area contributed by atoms with E-state index in [2.05, 4.69) is 81.5 Å². The summed E-state index contributed by atoms with van der Waals surface area (Å²) < 4.78 is 16.8. The molecule has 0 bridgehead atoms. The maximum atomic E-state index is 12.8. The first-order chi connectivity index (χ1) is 30.5. The van der Waals surface area contributed by atoms with Gasteiger partial charge in [0.1, 0.15) is 13.2 Å². The van der Waals surface area contributed by atoms with Crippen molar-refractivity contribution >= 4 is 17.9 Å². The van der Waals surface area contributed by atoms with E-state index in [0.29, 0.717) is 19.3 Å². The molecule has 1 unspecified atom stereocenters. The van der Waals surface area contributed by atoms with Crippen molar-refractivity contribution in [1.82, 2.24) is 0 Å². The van der Waals surface area contributed by atoms with Crippen molar-refractivity contribution in [3.05, 3.63) is 60.8 Å². The van der Waals surface area contributed by atoms with E-state index in [9.17, 15) is 14.4 Å². The van der Waals surface area contributed by atoms with Crippen LogP contribution in [0, 0.1) is 0 Å². The van der Waals surface area contributed by atoms with Crippen LogP contribution in [0.15, 0.2) is 60.8 Å². The number of carbonyl (C=O) groups excluding carboxylic acids is 3. The highest BCUT2D eigenvalue weighted by Gasteiger charge is 2.19. The van der Waals surface area contributed by atoms with E-state index >= 15 is 0 Å². The van der Waals surface area contributed by atoms with Gasteiger partial charge in [0.15, 0.2) is 6.10 Å². The molecule has 358 valence electrons. The smallest absolute Gasteiger partial charge is 0.306 e. The molecule has 0 aromatic carbocycles. The van der Waals surface area contributed by atoms with E-state index < -0.39 is 6.10 Å². The minimum atomic E-state index is -0.790. The molecule has 0 aliphatic carbocycles. The van der Waals surface area contributed by atoms with Gasteiger partial charge < -0.3 is 14.2 Å². The Kier molecular flexibility index (Phi) is 48.4. The summed E-state index contributed by atoms with van der Waals surface area (Å²) in [5, 5.41) is 0. The number of esters is 3. The summed E-state index contributed by atoms with van der Waals surface area (Å²) >= 11 is 0. The van der Waals surface area contributed by atoms with E-state index in [0.717, 1.165) is 96.3 Å². The number of unbranched alkanes of at least 4 members (excludes halogenated alkanes) is 26. The summed E-state index contributed by atoms with van der Waals surface area (Å²) in [6.07, 6.45) is 62.0. The van der Waals surface area contributed by atoms with E-state index in [-0.39, 0.29) is 31.1 Å². The molecule has 6 heteroatoms. The first-order valence-corrected chi connectivity index (χ1v) is 26.3. The lowest BCUT2D eigenvalue weighted by Gasteiger charge is -2.18. The molecule has 0 aromatic heterocycles. The number of carbonyl (C=O) groups is 3. The molecule has 0 saturated heterocycles. The van der Waals surface area contributed by atoms with Crippen molar-refractivity contribution in [3.8, 4) is 0 Å². The van der Waals surface area contributed by atoms with Crippen LogP contribution in [0.3, 0.4) is 0 Å². The van der Waals surface area contributed by atoms with Gasteiger partial charge in [0.2, 0.25) is 0 Å². The quantitative estimate of drug-likeness (QED) is 0.0262. The maximum absolute atomic E-state index is 12.8. The van der Waals surface area contributed by atoms with Crippen molar-refractivity contribution in [1.29, 1.82) is 0 Å². The molecule has 0 aliphatic heterocycles. The predicted octanol–water partition coefficient (Wildman–Crippen LogP) is 17.3. The van der Waals surface area contributed by atoms with Crippen LogP contribution in [0.2, 0.25) is 0 Å². The summed E-state index contributed by atoms with van der Waals surface area (Å²) in [4.78, 5) is 38.0. The highest BCUT2D eigenvalue weighted by molar-refractivity contribution is 5.71. The van der Waals surface area contributed by atoms with Crippen molar-refractivity contribution in [2.45, 2.75) is 264 Å². The second kappa shape index (κ2) is 50.8. The normalized spacial score (nSPS) is 12.5. The maximum Gasteiger partial charge on any atom is 0.306 e. The minimum Gasteiger partial charge on any atom is -0.462 e. The molecule has 0 amide bonds. The molecule has 6 nitrogen and oxygen atoms in total. The highest BCUT2D eigenvalue weighted by Crippen LogP contribution is 2.15. The first kappa shape index (κ1) is 59.1. The lowest BCUT2D eigenvalue weighted by molar-refractivity contribution is -0.167. The molecular formula is C56H98O6. The molecule has 0 fully saturated rings. The minimum absolute atomic E-state index is 0.0868. The van der Waals surface area contributed by atoms with Crippen LogP contribution in [0.1, 0.15) is 258 Å². The molecule has 62 heavy (non-hydrogen) atoms. The van der Waals surface area contributed by atoms with Gasteiger partial charge in [-0.05, 0) is 83.5 Å². The van der Waals surface area contributed by atoms with Gasteiger partial charge >= 0.3 is 17.9 Å². The van der Waals surface area contributed by atoms with Gasteiger partial charge in [-0.1, -0.05) is 216 Å². The summed E-state index contributed by atoms with van der Waals surface area (Å²) in [6, 6.07) is 0. The third-order valence-corrected chi connectivity index (χ3v) is 11.3. The van der Waals surface area contributed by atoms with Gasteiger partial charge in [0.05, 0.1) is 0 Å². The Morgan fingerprint density at radius 1 is 0.339 bits per heavy atom. The average Bonchev–Trinajstić information content (AvgIpc) is 3.27. The molecule has 0 radical (unpaired) electrons. The van der Waals surface area contributed by atoms with Crippen molar-refractivity contribution in [2.75, 3.05) is 13.2 Å². The number of allylic oxidation sites excluding steroid dienone is 10. The standard InChI is InChI=1S/C56H98O6/c1-4-7-10-13-16-19-22-25-26-27-28-29-32-34-37-40-43-46-49-55(58)61-52-53(62-56(59)50-47-44-41-38-35-31-24-21-18-15-12-9-6-3)51-60-54(57)48-45-42-39-36-33-30-23-20-17-14-11-8-5-2/h9,12,18-19,21-22,26-27,31,35,53H,4-8,10-11,13-17,20,23-25,28-30,32-34,36-52H2,1-3H3/b12-9-,21-18-,22-19-,27-26-,35-31-. The zero-order valence-electron chi connectivity index (χ0n) is 40.9. The average molecular weight is 867 g/mol. The second-order valence-corrected chi connectivity index (χ2v) is 17.4. The van der Waals surface area contributed by atoms with Crippen molar-refractivity contribution < 1.29 is 28.6 Å². The van der Waals surface area contributed by atoms with E-state index in [1.807, 2.05) is 0 Å². The van der Waals surface area contributed by atoms with Gasteiger partial charge in [-0.15, -0.1) is 0 Å². The largest absolute Gasteiger partial charge is 0.462 e. The molecule has 0 aromatic rings. The van der Waals surface area contributed by atoms with Gasteiger partial charge in [-0.25, -0.2) is 0 Å². The number of ether oxygens (including phenoxy) is 3. The van der Waals surface area contributed by atoms with Crippen LogP contribution in [-0.4, -0.2) is 37.2 Å². The SMILES string of the molecule is CC/C=C\C/C=C\C/C=C\CCCCCC(=O)OC(COC(=O)CCCCCCCCC/C=C\C/C=C\CCCCCC)COC(=O)CCCCCCCCCCCCCCC. The van der Waals surface area contributed by atoms with Crippen LogP contribution in [0.4, 0.5) is 0 Å². The Hall–Kier alpha value is -2.89. The van der Waals surface area contributed by atoms with Crippen LogP contribution in [0.5, 0.6) is 0 Å². The van der Waals surface area contributed by atoms with Gasteiger partial charge in [-0.2, -0.15) is 0 Å². The zero-order chi connectivity index (χ0) is 45.1. The van der Waals surface area contributed by atoms with Crippen LogP contribution >= 0.6 is 0 Å². The lowest BCUT2D eigenvalue weighted by Crippen LogP contribution is -2.30. The number of hydrogen-bond acceptors (Lipinski definition) is 6. The van der Waals surface area contributed by atoms with E-state index in [4.69, 9.17) is 14.2 Å². The summed E-state index contributed by atoms with van der Waals surface area (Å²) in [6.45, 7) is 6.48. The summed E-state index contributed by atoms with van der Waals surface area (Å²) in [7, 11) is 0. The number of rotatable bonds is 47. The highest BCUT2D eigenvalue weighted by atomic mass is 16.6. The number of hydrogen-bond donors (Lipinski definition) is 0. The van der Waals surface area contributed by atoms with Crippen LogP contribution in [-0.2, 0) is 28.6 Å².